The zero-order valence-electron chi connectivity index (χ0n) is 11.3. The van der Waals surface area contributed by atoms with E-state index in [2.05, 4.69) is 5.32 Å². The molecule has 1 amide bonds. The Balaban J connectivity index is 1.96. The number of hydrogen-bond acceptors (Lipinski definition) is 5. The van der Waals surface area contributed by atoms with Crippen molar-refractivity contribution in [2.75, 3.05) is 18.5 Å². The molecule has 1 aromatic heterocycles. The van der Waals surface area contributed by atoms with Gasteiger partial charge < -0.3 is 14.8 Å². The van der Waals surface area contributed by atoms with Crippen LogP contribution >= 0.6 is 11.3 Å². The Hall–Kier alpha value is -2.34. The first kappa shape index (κ1) is 13.6. The minimum Gasteiger partial charge on any atom is -0.486 e. The molecule has 0 spiro atoms. The Labute approximate surface area is 125 Å². The minimum atomic E-state index is -0.246. The van der Waals surface area contributed by atoms with Crippen LogP contribution < -0.4 is 14.8 Å². The van der Waals surface area contributed by atoms with Crippen molar-refractivity contribution in [2.45, 2.75) is 6.92 Å². The number of carbonyl (C=O) groups is 2. The lowest BCUT2D eigenvalue weighted by Gasteiger charge is -2.20. The summed E-state index contributed by atoms with van der Waals surface area (Å²) in [6.45, 7) is 2.35. The number of ether oxygens (including phenoxy) is 2. The van der Waals surface area contributed by atoms with Crippen molar-refractivity contribution >= 4 is 28.7 Å². The molecule has 0 fully saturated rings. The van der Waals surface area contributed by atoms with E-state index in [1.807, 2.05) is 5.38 Å². The maximum atomic E-state index is 12.1. The van der Waals surface area contributed by atoms with E-state index in [0.717, 1.165) is 0 Å². The Morgan fingerprint density at radius 2 is 1.90 bits per heavy atom. The monoisotopic (exact) mass is 303 g/mol. The third kappa shape index (κ3) is 2.75. The van der Waals surface area contributed by atoms with E-state index >= 15 is 0 Å². The number of fused-ring (bicyclic) bond motifs is 1. The molecule has 0 saturated carbocycles. The van der Waals surface area contributed by atoms with Gasteiger partial charge in [0.05, 0.1) is 10.6 Å². The van der Waals surface area contributed by atoms with Gasteiger partial charge in [0.1, 0.15) is 13.2 Å². The highest BCUT2D eigenvalue weighted by molar-refractivity contribution is 7.12. The van der Waals surface area contributed by atoms with Crippen molar-refractivity contribution in [3.8, 4) is 11.5 Å². The highest BCUT2D eigenvalue weighted by Crippen LogP contribution is 2.36. The third-order valence-electron chi connectivity index (χ3n) is 3.05. The van der Waals surface area contributed by atoms with Crippen LogP contribution in [0.25, 0.3) is 0 Å². The van der Waals surface area contributed by atoms with Gasteiger partial charge in [-0.2, -0.15) is 0 Å². The number of hydrogen-bond donors (Lipinski definition) is 1. The fraction of sp³-hybridized carbons (Fsp3) is 0.200. The number of amides is 1. The van der Waals surface area contributed by atoms with Gasteiger partial charge in [-0.25, -0.2) is 0 Å². The standard InChI is InChI=1S/C15H13NO4S/c1-9(17)10-7-12-13(20-5-4-19-12)8-11(10)16-15(18)14-3-2-6-21-14/h2-3,6-8H,4-5H2,1H3,(H,16,18). The van der Waals surface area contributed by atoms with Gasteiger partial charge in [0.15, 0.2) is 17.3 Å². The lowest BCUT2D eigenvalue weighted by atomic mass is 10.1. The molecule has 0 bridgehead atoms. The maximum absolute atomic E-state index is 12.1. The molecule has 3 rings (SSSR count). The molecule has 2 aromatic rings. The molecule has 2 heterocycles. The molecule has 21 heavy (non-hydrogen) atoms. The first-order valence-electron chi connectivity index (χ1n) is 6.44. The zero-order chi connectivity index (χ0) is 14.8. The molecule has 1 aromatic carbocycles. The zero-order valence-corrected chi connectivity index (χ0v) is 12.2. The van der Waals surface area contributed by atoms with Crippen molar-refractivity contribution in [3.05, 3.63) is 40.1 Å². The van der Waals surface area contributed by atoms with E-state index in [1.165, 1.54) is 18.3 Å². The summed E-state index contributed by atoms with van der Waals surface area (Å²) < 4.78 is 10.9. The Morgan fingerprint density at radius 1 is 1.19 bits per heavy atom. The summed E-state index contributed by atoms with van der Waals surface area (Å²) in [5.41, 5.74) is 0.842. The average Bonchev–Trinajstić information content (AvgIpc) is 3.00. The lowest BCUT2D eigenvalue weighted by molar-refractivity contribution is 0.101. The minimum absolute atomic E-state index is 0.145. The van der Waals surface area contributed by atoms with Gasteiger partial charge in [-0.3, -0.25) is 9.59 Å². The molecular formula is C15H13NO4S. The Morgan fingerprint density at radius 3 is 2.52 bits per heavy atom. The summed E-state index contributed by atoms with van der Waals surface area (Å²) in [6, 6.07) is 6.78. The van der Waals surface area contributed by atoms with Crippen LogP contribution in [0.3, 0.4) is 0 Å². The maximum Gasteiger partial charge on any atom is 0.265 e. The number of nitrogens with one attached hydrogen (secondary N) is 1. The van der Waals surface area contributed by atoms with Crippen molar-refractivity contribution in [3.63, 3.8) is 0 Å². The van der Waals surface area contributed by atoms with E-state index in [0.29, 0.717) is 40.8 Å². The van der Waals surface area contributed by atoms with Gasteiger partial charge in [-0.1, -0.05) is 6.07 Å². The van der Waals surface area contributed by atoms with E-state index in [1.54, 1.807) is 24.3 Å². The number of carbonyl (C=O) groups excluding carboxylic acids is 2. The van der Waals surface area contributed by atoms with Crippen molar-refractivity contribution in [1.82, 2.24) is 0 Å². The predicted octanol–water partition coefficient (Wildman–Crippen LogP) is 2.97. The molecule has 0 atom stereocenters. The Bertz CT molecular complexity index is 694. The third-order valence-corrected chi connectivity index (χ3v) is 3.92. The average molecular weight is 303 g/mol. The molecule has 5 nitrogen and oxygen atoms in total. The van der Waals surface area contributed by atoms with Gasteiger partial charge in [0.2, 0.25) is 0 Å². The topological polar surface area (TPSA) is 64.6 Å². The molecule has 0 unspecified atom stereocenters. The molecule has 0 saturated heterocycles. The molecular weight excluding hydrogens is 290 g/mol. The smallest absolute Gasteiger partial charge is 0.265 e. The summed E-state index contributed by atoms with van der Waals surface area (Å²) in [5.74, 6) is 0.672. The van der Waals surface area contributed by atoms with Crippen molar-refractivity contribution in [2.24, 2.45) is 0 Å². The van der Waals surface area contributed by atoms with Crippen LogP contribution in [0, 0.1) is 0 Å². The molecule has 1 N–H and O–H groups in total. The summed E-state index contributed by atoms with van der Waals surface area (Å²) in [7, 11) is 0. The molecule has 6 heteroatoms. The van der Waals surface area contributed by atoms with Gasteiger partial charge in [-0.05, 0) is 24.4 Å². The Kier molecular flexibility index (Phi) is 3.62. The molecule has 1 aliphatic heterocycles. The molecule has 0 radical (unpaired) electrons. The SMILES string of the molecule is CC(=O)c1cc2c(cc1NC(=O)c1cccs1)OCCO2. The van der Waals surface area contributed by atoms with Crippen LogP contribution in [-0.4, -0.2) is 24.9 Å². The van der Waals surface area contributed by atoms with Gasteiger partial charge in [0.25, 0.3) is 5.91 Å². The number of Topliss-reactive ketones (excluding diaryl/α,β-unsaturated/α-hetero) is 1. The second-order valence-corrected chi connectivity index (χ2v) is 5.48. The number of benzene rings is 1. The van der Waals surface area contributed by atoms with E-state index in [9.17, 15) is 9.59 Å². The van der Waals surface area contributed by atoms with E-state index < -0.39 is 0 Å². The quantitative estimate of drug-likeness (QED) is 0.885. The van der Waals surface area contributed by atoms with Crippen LogP contribution in [0.1, 0.15) is 27.0 Å². The summed E-state index contributed by atoms with van der Waals surface area (Å²) in [5, 5.41) is 4.58. The number of anilines is 1. The van der Waals surface area contributed by atoms with Gasteiger partial charge >= 0.3 is 0 Å². The summed E-state index contributed by atoms with van der Waals surface area (Å²) >= 11 is 1.34. The summed E-state index contributed by atoms with van der Waals surface area (Å²) in [6.07, 6.45) is 0. The fourth-order valence-corrected chi connectivity index (χ4v) is 2.69. The number of thiophene rings is 1. The molecule has 1 aliphatic rings. The van der Waals surface area contributed by atoms with E-state index in [-0.39, 0.29) is 11.7 Å². The highest BCUT2D eigenvalue weighted by atomic mass is 32.1. The first-order chi connectivity index (χ1) is 10.1. The van der Waals surface area contributed by atoms with Crippen LogP contribution in [0.15, 0.2) is 29.6 Å². The normalized spacial score (nSPS) is 12.8. The first-order valence-corrected chi connectivity index (χ1v) is 7.32. The number of ketones is 1. The van der Waals surface area contributed by atoms with Crippen LogP contribution in [0.2, 0.25) is 0 Å². The highest BCUT2D eigenvalue weighted by Gasteiger charge is 2.19. The largest absolute Gasteiger partial charge is 0.486 e. The second-order valence-electron chi connectivity index (χ2n) is 4.53. The van der Waals surface area contributed by atoms with Gasteiger partial charge in [-0.15, -0.1) is 11.3 Å². The van der Waals surface area contributed by atoms with Crippen molar-refractivity contribution in [1.29, 1.82) is 0 Å². The van der Waals surface area contributed by atoms with Gasteiger partial charge in [0, 0.05) is 11.6 Å². The van der Waals surface area contributed by atoms with Crippen LogP contribution in [0.5, 0.6) is 11.5 Å². The predicted molar refractivity (Wildman–Crippen MR) is 79.7 cm³/mol. The second kappa shape index (κ2) is 5.57. The summed E-state index contributed by atoms with van der Waals surface area (Å²) in [4.78, 5) is 24.5. The van der Waals surface area contributed by atoms with Crippen LogP contribution in [-0.2, 0) is 0 Å². The van der Waals surface area contributed by atoms with Crippen LogP contribution in [0.4, 0.5) is 5.69 Å². The molecule has 0 aliphatic carbocycles. The number of rotatable bonds is 3. The lowest BCUT2D eigenvalue weighted by Crippen LogP contribution is -2.18. The van der Waals surface area contributed by atoms with E-state index in [4.69, 9.17) is 9.47 Å². The fourth-order valence-electron chi connectivity index (χ4n) is 2.08. The van der Waals surface area contributed by atoms with Crippen molar-refractivity contribution < 1.29 is 19.1 Å². The molecule has 108 valence electrons.